The molecule has 0 bridgehead atoms. The summed E-state index contributed by atoms with van der Waals surface area (Å²) < 4.78 is 6.95. The van der Waals surface area contributed by atoms with Crippen LogP contribution in [0.15, 0.2) is 53.9 Å². The van der Waals surface area contributed by atoms with E-state index in [0.29, 0.717) is 6.61 Å². The van der Waals surface area contributed by atoms with Crippen molar-refractivity contribution in [1.29, 1.82) is 0 Å². The lowest BCUT2D eigenvalue weighted by atomic mass is 10.00. The van der Waals surface area contributed by atoms with Gasteiger partial charge < -0.3 is 9.84 Å². The molecular weight excluding hydrogens is 280 g/mol. The first-order valence-corrected chi connectivity index (χ1v) is 8.05. The highest BCUT2D eigenvalue weighted by molar-refractivity contribution is 7.17. The monoisotopic (exact) mass is 298 g/mol. The van der Waals surface area contributed by atoms with E-state index in [2.05, 4.69) is 19.1 Å². The molecule has 0 saturated heterocycles. The van der Waals surface area contributed by atoms with Gasteiger partial charge in [-0.05, 0) is 29.3 Å². The van der Waals surface area contributed by atoms with E-state index in [-0.39, 0.29) is 0 Å². The van der Waals surface area contributed by atoms with Crippen LogP contribution >= 0.6 is 11.3 Å². The average Bonchev–Trinajstić information content (AvgIpc) is 2.96. The van der Waals surface area contributed by atoms with Crippen LogP contribution in [0.2, 0.25) is 0 Å². The zero-order valence-corrected chi connectivity index (χ0v) is 12.8. The Labute approximate surface area is 128 Å². The Morgan fingerprint density at radius 1 is 1.05 bits per heavy atom. The zero-order valence-electron chi connectivity index (χ0n) is 12.0. The Bertz CT molecular complexity index is 733. The van der Waals surface area contributed by atoms with Gasteiger partial charge in [-0.25, -0.2) is 0 Å². The molecule has 1 heterocycles. The van der Waals surface area contributed by atoms with Gasteiger partial charge in [0, 0.05) is 15.8 Å². The van der Waals surface area contributed by atoms with Crippen LogP contribution in [-0.4, -0.2) is 11.7 Å². The fourth-order valence-electron chi connectivity index (χ4n) is 2.43. The van der Waals surface area contributed by atoms with Crippen LogP contribution in [0.1, 0.15) is 30.6 Å². The van der Waals surface area contributed by atoms with Crippen molar-refractivity contribution in [2.45, 2.75) is 19.4 Å². The lowest BCUT2D eigenvalue weighted by Crippen LogP contribution is -2.04. The highest BCUT2D eigenvalue weighted by Gasteiger charge is 2.18. The van der Waals surface area contributed by atoms with Crippen LogP contribution in [0.5, 0.6) is 5.75 Å². The first-order valence-electron chi connectivity index (χ1n) is 7.17. The van der Waals surface area contributed by atoms with Crippen molar-refractivity contribution in [2.24, 2.45) is 0 Å². The molecule has 108 valence electrons. The van der Waals surface area contributed by atoms with Crippen LogP contribution < -0.4 is 4.74 Å². The lowest BCUT2D eigenvalue weighted by Gasteiger charge is -2.15. The minimum Gasteiger partial charge on any atom is -0.493 e. The van der Waals surface area contributed by atoms with E-state index in [1.165, 1.54) is 4.70 Å². The Morgan fingerprint density at radius 2 is 1.81 bits per heavy atom. The second kappa shape index (κ2) is 6.29. The number of hydrogen-bond acceptors (Lipinski definition) is 3. The molecule has 0 saturated carbocycles. The molecule has 2 nitrogen and oxygen atoms in total. The molecule has 2 aromatic carbocycles. The summed E-state index contributed by atoms with van der Waals surface area (Å²) in [5, 5.41) is 13.9. The lowest BCUT2D eigenvalue weighted by molar-refractivity contribution is 0.212. The standard InChI is InChI=1S/C18H18O2S/c1-2-11-20-16-9-5-3-8-14(16)18(19)15-12-21-17-10-6-4-7-13(15)17/h3-10,12,18-19H,2,11H2,1H3. The minimum atomic E-state index is -0.658. The molecule has 0 fully saturated rings. The Balaban J connectivity index is 2.00. The van der Waals surface area contributed by atoms with Crippen LogP contribution in [0.25, 0.3) is 10.1 Å². The number of hydrogen-bond donors (Lipinski definition) is 1. The summed E-state index contributed by atoms with van der Waals surface area (Å²) in [5.41, 5.74) is 1.78. The van der Waals surface area contributed by atoms with Gasteiger partial charge in [-0.2, -0.15) is 0 Å². The summed E-state index contributed by atoms with van der Waals surface area (Å²) in [4.78, 5) is 0. The van der Waals surface area contributed by atoms with E-state index < -0.39 is 6.10 Å². The third-order valence-electron chi connectivity index (χ3n) is 3.48. The molecule has 3 heteroatoms. The highest BCUT2D eigenvalue weighted by Crippen LogP contribution is 2.36. The van der Waals surface area contributed by atoms with Crippen LogP contribution in [-0.2, 0) is 0 Å². The maximum absolute atomic E-state index is 10.8. The van der Waals surface area contributed by atoms with Gasteiger partial charge in [0.25, 0.3) is 0 Å². The number of benzene rings is 2. The minimum absolute atomic E-state index is 0.658. The summed E-state index contributed by atoms with van der Waals surface area (Å²) >= 11 is 1.66. The van der Waals surface area contributed by atoms with E-state index in [4.69, 9.17) is 4.74 Å². The number of ether oxygens (including phenoxy) is 1. The Morgan fingerprint density at radius 3 is 2.67 bits per heavy atom. The second-order valence-electron chi connectivity index (χ2n) is 4.98. The molecule has 1 unspecified atom stereocenters. The van der Waals surface area contributed by atoms with Crippen LogP contribution in [0, 0.1) is 0 Å². The summed E-state index contributed by atoms with van der Waals surface area (Å²) in [6.07, 6.45) is 0.292. The van der Waals surface area contributed by atoms with Crippen molar-refractivity contribution >= 4 is 21.4 Å². The number of aliphatic hydroxyl groups is 1. The second-order valence-corrected chi connectivity index (χ2v) is 5.89. The fraction of sp³-hybridized carbons (Fsp3) is 0.222. The predicted octanol–water partition coefficient (Wildman–Crippen LogP) is 4.77. The van der Waals surface area contributed by atoms with E-state index >= 15 is 0 Å². The van der Waals surface area contributed by atoms with Crippen molar-refractivity contribution in [3.63, 3.8) is 0 Å². The molecule has 1 N–H and O–H groups in total. The van der Waals surface area contributed by atoms with Crippen LogP contribution in [0.3, 0.4) is 0 Å². The number of rotatable bonds is 5. The van der Waals surface area contributed by atoms with Gasteiger partial charge in [0.15, 0.2) is 0 Å². The van der Waals surface area contributed by atoms with Gasteiger partial charge in [-0.3, -0.25) is 0 Å². The first kappa shape index (κ1) is 14.1. The molecule has 3 rings (SSSR count). The number of aliphatic hydroxyl groups excluding tert-OH is 1. The molecule has 3 aromatic rings. The van der Waals surface area contributed by atoms with Gasteiger partial charge in [0.1, 0.15) is 11.9 Å². The molecule has 0 radical (unpaired) electrons. The third kappa shape index (κ3) is 2.80. The number of fused-ring (bicyclic) bond motifs is 1. The van der Waals surface area contributed by atoms with E-state index in [1.54, 1.807) is 11.3 Å². The summed E-state index contributed by atoms with van der Waals surface area (Å²) in [7, 11) is 0. The van der Waals surface area contributed by atoms with Gasteiger partial charge in [0.05, 0.1) is 6.61 Å². The maximum Gasteiger partial charge on any atom is 0.125 e. The van der Waals surface area contributed by atoms with Gasteiger partial charge in [-0.1, -0.05) is 43.3 Å². The topological polar surface area (TPSA) is 29.5 Å². The normalized spacial score (nSPS) is 12.5. The van der Waals surface area contributed by atoms with Crippen molar-refractivity contribution in [3.8, 4) is 5.75 Å². The maximum atomic E-state index is 10.8. The summed E-state index contributed by atoms with van der Waals surface area (Å²) in [6.45, 7) is 2.74. The van der Waals surface area contributed by atoms with E-state index in [9.17, 15) is 5.11 Å². The fourth-order valence-corrected chi connectivity index (χ4v) is 3.41. The molecule has 0 amide bonds. The zero-order chi connectivity index (χ0) is 14.7. The predicted molar refractivity (Wildman–Crippen MR) is 88.1 cm³/mol. The van der Waals surface area contributed by atoms with Gasteiger partial charge in [-0.15, -0.1) is 11.3 Å². The molecule has 1 atom stereocenters. The average molecular weight is 298 g/mol. The van der Waals surface area contributed by atoms with Gasteiger partial charge in [0.2, 0.25) is 0 Å². The number of thiophene rings is 1. The largest absolute Gasteiger partial charge is 0.493 e. The van der Waals surface area contributed by atoms with Crippen molar-refractivity contribution < 1.29 is 9.84 Å². The smallest absolute Gasteiger partial charge is 0.125 e. The van der Waals surface area contributed by atoms with E-state index in [1.807, 2.05) is 41.8 Å². The molecule has 21 heavy (non-hydrogen) atoms. The van der Waals surface area contributed by atoms with Crippen LogP contribution in [0.4, 0.5) is 0 Å². The SMILES string of the molecule is CCCOc1ccccc1C(O)c1csc2ccccc12. The number of para-hydroxylation sites is 1. The summed E-state index contributed by atoms with van der Waals surface area (Å²) in [5.74, 6) is 0.766. The highest BCUT2D eigenvalue weighted by atomic mass is 32.1. The molecular formula is C18H18O2S. The van der Waals surface area contributed by atoms with Crippen molar-refractivity contribution in [1.82, 2.24) is 0 Å². The molecule has 0 aliphatic carbocycles. The van der Waals surface area contributed by atoms with E-state index in [0.717, 1.165) is 28.7 Å². The molecule has 1 aromatic heterocycles. The molecule has 0 aliphatic heterocycles. The van der Waals surface area contributed by atoms with Gasteiger partial charge >= 0.3 is 0 Å². The first-order chi connectivity index (χ1) is 10.3. The third-order valence-corrected chi connectivity index (χ3v) is 4.46. The summed E-state index contributed by atoms with van der Waals surface area (Å²) in [6, 6.07) is 15.9. The molecule has 0 aliphatic rings. The molecule has 0 spiro atoms. The van der Waals surface area contributed by atoms with Crippen molar-refractivity contribution in [2.75, 3.05) is 6.61 Å². The Kier molecular flexibility index (Phi) is 4.23. The Hall–Kier alpha value is -1.84. The van der Waals surface area contributed by atoms with Crippen molar-refractivity contribution in [3.05, 3.63) is 65.0 Å². The quantitative estimate of drug-likeness (QED) is 0.735.